The van der Waals surface area contributed by atoms with Gasteiger partial charge in [0.2, 0.25) is 0 Å². The van der Waals surface area contributed by atoms with E-state index in [1.165, 1.54) is 14.2 Å². The normalized spacial score (nSPS) is 13.1. The monoisotopic (exact) mass is 333 g/mol. The van der Waals surface area contributed by atoms with Gasteiger partial charge >= 0.3 is 0 Å². The number of rotatable bonds is 7. The highest BCUT2D eigenvalue weighted by Crippen LogP contribution is 2.42. The summed E-state index contributed by atoms with van der Waals surface area (Å²) in [6.45, 7) is 0. The summed E-state index contributed by atoms with van der Waals surface area (Å²) in [6, 6.07) is 9.90. The minimum Gasteiger partial charge on any atom is -0.493 e. The van der Waals surface area contributed by atoms with Crippen molar-refractivity contribution in [1.82, 2.24) is 0 Å². The molecule has 130 valence electrons. The number of hydrogen-bond acceptors (Lipinski definition) is 6. The summed E-state index contributed by atoms with van der Waals surface area (Å²) in [7, 11) is 6.14. The van der Waals surface area contributed by atoms with E-state index in [0.717, 1.165) is 0 Å². The lowest BCUT2D eigenvalue weighted by Gasteiger charge is -2.24. The van der Waals surface area contributed by atoms with Crippen molar-refractivity contribution in [3.05, 3.63) is 47.5 Å². The molecule has 24 heavy (non-hydrogen) atoms. The summed E-state index contributed by atoms with van der Waals surface area (Å²) in [6.07, 6.45) is -1.02. The van der Waals surface area contributed by atoms with Gasteiger partial charge in [-0.05, 0) is 12.1 Å². The molecule has 0 aromatic heterocycles. The van der Waals surface area contributed by atoms with Gasteiger partial charge in [-0.25, -0.2) is 0 Å². The Morgan fingerprint density at radius 1 is 0.750 bits per heavy atom. The van der Waals surface area contributed by atoms with Crippen LogP contribution in [0.1, 0.15) is 23.3 Å². The fourth-order valence-electron chi connectivity index (χ4n) is 2.68. The van der Waals surface area contributed by atoms with E-state index in [1.807, 2.05) is 0 Å². The molecule has 0 aliphatic heterocycles. The molecular weight excluding hydrogens is 310 g/mol. The van der Waals surface area contributed by atoms with Crippen molar-refractivity contribution >= 4 is 0 Å². The van der Waals surface area contributed by atoms with Gasteiger partial charge in [-0.2, -0.15) is 0 Å². The quantitative estimate of drug-likeness (QED) is 0.810. The van der Waals surface area contributed by atoms with Crippen LogP contribution in [0.2, 0.25) is 0 Å². The van der Waals surface area contributed by atoms with Crippen LogP contribution in [-0.4, -0.2) is 33.5 Å². The van der Waals surface area contributed by atoms with Crippen molar-refractivity contribution < 1.29 is 24.1 Å². The van der Waals surface area contributed by atoms with Crippen molar-refractivity contribution in [2.45, 2.75) is 12.1 Å². The first kappa shape index (κ1) is 17.9. The molecule has 0 radical (unpaired) electrons. The van der Waals surface area contributed by atoms with Crippen LogP contribution in [0, 0.1) is 0 Å². The van der Waals surface area contributed by atoms with Crippen LogP contribution in [0.15, 0.2) is 36.4 Å². The minimum atomic E-state index is -1.02. The zero-order valence-corrected chi connectivity index (χ0v) is 14.3. The molecule has 0 aliphatic rings. The largest absolute Gasteiger partial charge is 0.493 e. The van der Waals surface area contributed by atoms with E-state index >= 15 is 0 Å². The molecule has 6 nitrogen and oxygen atoms in total. The molecular formula is C18H23NO5. The van der Waals surface area contributed by atoms with E-state index in [0.29, 0.717) is 34.1 Å². The molecule has 0 fully saturated rings. The Labute approximate surface area is 141 Å². The molecule has 2 aromatic rings. The zero-order valence-electron chi connectivity index (χ0n) is 14.3. The van der Waals surface area contributed by atoms with Crippen LogP contribution in [0.3, 0.4) is 0 Å². The Hall–Kier alpha value is -2.44. The van der Waals surface area contributed by atoms with Crippen LogP contribution < -0.4 is 24.7 Å². The molecule has 2 aromatic carbocycles. The second-order valence-corrected chi connectivity index (χ2v) is 5.14. The lowest BCUT2D eigenvalue weighted by molar-refractivity contribution is 0.141. The summed E-state index contributed by atoms with van der Waals surface area (Å²) in [5.41, 5.74) is 7.47. The summed E-state index contributed by atoms with van der Waals surface area (Å²) in [5.74, 6) is 2.02. The average Bonchev–Trinajstić information content (AvgIpc) is 2.64. The summed E-state index contributed by atoms with van der Waals surface area (Å²) < 4.78 is 21.3. The van der Waals surface area contributed by atoms with Crippen molar-refractivity contribution in [1.29, 1.82) is 0 Å². The maximum Gasteiger partial charge on any atom is 0.166 e. The number of methoxy groups -OCH3 is 4. The Kier molecular flexibility index (Phi) is 5.89. The van der Waals surface area contributed by atoms with Crippen molar-refractivity contribution in [2.75, 3.05) is 28.4 Å². The molecule has 2 rings (SSSR count). The molecule has 2 atom stereocenters. The first-order valence-corrected chi connectivity index (χ1v) is 7.44. The molecule has 0 unspecified atom stereocenters. The van der Waals surface area contributed by atoms with E-state index in [2.05, 4.69) is 0 Å². The molecule has 6 heteroatoms. The van der Waals surface area contributed by atoms with Crippen molar-refractivity contribution in [3.63, 3.8) is 0 Å². The van der Waals surface area contributed by atoms with Crippen LogP contribution in [-0.2, 0) is 0 Å². The van der Waals surface area contributed by atoms with Crippen molar-refractivity contribution in [2.24, 2.45) is 5.73 Å². The van der Waals surface area contributed by atoms with Crippen LogP contribution in [0.25, 0.3) is 0 Å². The first-order chi connectivity index (χ1) is 11.6. The van der Waals surface area contributed by atoms with Gasteiger partial charge in [-0.3, -0.25) is 0 Å². The maximum absolute atomic E-state index is 10.8. The zero-order chi connectivity index (χ0) is 17.7. The number of benzene rings is 2. The lowest BCUT2D eigenvalue weighted by atomic mass is 9.94. The predicted octanol–water partition coefficient (Wildman–Crippen LogP) is 2.45. The third kappa shape index (κ3) is 3.25. The second kappa shape index (κ2) is 7.90. The van der Waals surface area contributed by atoms with E-state index < -0.39 is 12.1 Å². The van der Waals surface area contributed by atoms with Gasteiger partial charge in [0.1, 0.15) is 6.10 Å². The molecule has 0 saturated carbocycles. The Bertz CT molecular complexity index is 630. The number of aliphatic hydroxyl groups excluding tert-OH is 1. The molecule has 3 N–H and O–H groups in total. The lowest BCUT2D eigenvalue weighted by Crippen LogP contribution is -2.21. The standard InChI is InChI=1S/C18H23NO5/c1-21-13-9-5-7-11(17(13)23-3)15(19)16(20)12-8-6-10-14(22-2)18(12)24-4/h5-10,15-16,20H,19H2,1-4H3/t15-,16+/m1/s1. The molecule has 0 spiro atoms. The van der Waals surface area contributed by atoms with Crippen LogP contribution >= 0.6 is 0 Å². The first-order valence-electron chi connectivity index (χ1n) is 7.44. The number of hydrogen-bond donors (Lipinski definition) is 2. The van der Waals surface area contributed by atoms with Gasteiger partial charge in [0, 0.05) is 11.1 Å². The third-order valence-corrected chi connectivity index (χ3v) is 3.88. The highest BCUT2D eigenvalue weighted by molar-refractivity contribution is 5.51. The summed E-state index contributed by atoms with van der Waals surface area (Å²) in [4.78, 5) is 0. The summed E-state index contributed by atoms with van der Waals surface area (Å²) >= 11 is 0. The smallest absolute Gasteiger partial charge is 0.166 e. The Morgan fingerprint density at radius 2 is 1.21 bits per heavy atom. The summed E-state index contributed by atoms with van der Waals surface area (Å²) in [5, 5.41) is 10.8. The number of para-hydroxylation sites is 2. The highest BCUT2D eigenvalue weighted by Gasteiger charge is 2.27. The van der Waals surface area contributed by atoms with Gasteiger partial charge in [0.05, 0.1) is 34.5 Å². The maximum atomic E-state index is 10.8. The minimum absolute atomic E-state index is 0.449. The van der Waals surface area contributed by atoms with Gasteiger partial charge in [-0.15, -0.1) is 0 Å². The Balaban J connectivity index is 2.46. The third-order valence-electron chi connectivity index (χ3n) is 3.88. The van der Waals surface area contributed by atoms with Crippen LogP contribution in [0.4, 0.5) is 0 Å². The Morgan fingerprint density at radius 3 is 1.67 bits per heavy atom. The fourth-order valence-corrected chi connectivity index (χ4v) is 2.68. The number of nitrogens with two attached hydrogens (primary N) is 1. The molecule has 0 bridgehead atoms. The fraction of sp³-hybridized carbons (Fsp3) is 0.333. The van der Waals surface area contributed by atoms with Gasteiger partial charge in [-0.1, -0.05) is 24.3 Å². The average molecular weight is 333 g/mol. The van der Waals surface area contributed by atoms with E-state index in [1.54, 1.807) is 50.6 Å². The molecule has 0 amide bonds. The van der Waals surface area contributed by atoms with Gasteiger partial charge in [0.25, 0.3) is 0 Å². The van der Waals surface area contributed by atoms with E-state index in [-0.39, 0.29) is 0 Å². The topological polar surface area (TPSA) is 83.2 Å². The van der Waals surface area contributed by atoms with E-state index in [9.17, 15) is 5.11 Å². The molecule has 0 heterocycles. The van der Waals surface area contributed by atoms with Crippen LogP contribution in [0.5, 0.6) is 23.0 Å². The number of ether oxygens (including phenoxy) is 4. The van der Waals surface area contributed by atoms with E-state index in [4.69, 9.17) is 24.7 Å². The molecule has 0 aliphatic carbocycles. The predicted molar refractivity (Wildman–Crippen MR) is 91.0 cm³/mol. The SMILES string of the molecule is COc1cccc([C@@H](N)[C@@H](O)c2cccc(OC)c2OC)c1OC. The number of aliphatic hydroxyl groups is 1. The van der Waals surface area contributed by atoms with Gasteiger partial charge < -0.3 is 29.8 Å². The molecule has 0 saturated heterocycles. The second-order valence-electron chi connectivity index (χ2n) is 5.14. The van der Waals surface area contributed by atoms with Crippen molar-refractivity contribution in [3.8, 4) is 23.0 Å². The van der Waals surface area contributed by atoms with Gasteiger partial charge in [0.15, 0.2) is 23.0 Å². The highest BCUT2D eigenvalue weighted by atomic mass is 16.5.